The number of pyridine rings is 1. The molecule has 0 spiro atoms. The summed E-state index contributed by atoms with van der Waals surface area (Å²) in [5.74, 6) is -1.10. The van der Waals surface area contributed by atoms with E-state index in [2.05, 4.69) is 10.4 Å². The summed E-state index contributed by atoms with van der Waals surface area (Å²) < 4.78 is 42.2. The van der Waals surface area contributed by atoms with Gasteiger partial charge in [0.15, 0.2) is 0 Å². The van der Waals surface area contributed by atoms with Gasteiger partial charge in [-0.3, -0.25) is 25.0 Å². The van der Waals surface area contributed by atoms with E-state index in [1.165, 1.54) is 18.3 Å². The molecule has 0 saturated heterocycles. The number of nitrogens with one attached hydrogen (secondary N) is 3. The maximum Gasteiger partial charge on any atom is 0.417 e. The minimum absolute atomic E-state index is 0.0171. The lowest BCUT2D eigenvalue weighted by Gasteiger charge is -2.17. The van der Waals surface area contributed by atoms with Crippen molar-refractivity contribution in [2.45, 2.75) is 32.5 Å². The fourth-order valence-electron chi connectivity index (χ4n) is 3.31. The van der Waals surface area contributed by atoms with Gasteiger partial charge in [0, 0.05) is 11.6 Å². The Bertz CT molecular complexity index is 1430. The molecule has 0 radical (unpaired) electrons. The molecular weight excluding hydrogens is 439 g/mol. The molecule has 0 aliphatic carbocycles. The second-order valence-electron chi connectivity index (χ2n) is 7.41. The molecule has 33 heavy (non-hydrogen) atoms. The number of anilines is 1. The number of carbonyl (C=O) groups excluding carboxylic acids is 1. The SMILES string of the molecule is CC(C)c1nn(CC(=O)Nc2ccc(=N)n(C=N)c2)c(=O)c2ccc(C(F)(F)F)c(C#N)c12. The summed E-state index contributed by atoms with van der Waals surface area (Å²) in [6, 6.07) is 6.02. The molecule has 0 aliphatic rings. The molecule has 3 aromatic rings. The highest BCUT2D eigenvalue weighted by atomic mass is 19.4. The van der Waals surface area contributed by atoms with E-state index in [-0.39, 0.29) is 27.6 Å². The van der Waals surface area contributed by atoms with E-state index >= 15 is 0 Å². The van der Waals surface area contributed by atoms with Gasteiger partial charge < -0.3 is 5.32 Å². The number of fused-ring (bicyclic) bond motifs is 1. The van der Waals surface area contributed by atoms with E-state index in [0.29, 0.717) is 6.07 Å². The van der Waals surface area contributed by atoms with Crippen LogP contribution in [0, 0.1) is 22.1 Å². The minimum atomic E-state index is -4.79. The Morgan fingerprint density at radius 2 is 2.00 bits per heavy atom. The number of rotatable bonds is 5. The van der Waals surface area contributed by atoms with Crippen LogP contribution in [0.25, 0.3) is 10.8 Å². The quantitative estimate of drug-likeness (QED) is 0.400. The molecule has 2 heterocycles. The maximum absolute atomic E-state index is 13.4. The average molecular weight is 457 g/mol. The van der Waals surface area contributed by atoms with Crippen LogP contribution in [0.2, 0.25) is 0 Å². The summed E-state index contributed by atoms with van der Waals surface area (Å²) in [7, 11) is 0. The van der Waals surface area contributed by atoms with E-state index in [1.54, 1.807) is 19.9 Å². The van der Waals surface area contributed by atoms with Crippen LogP contribution < -0.4 is 16.4 Å². The Hall–Kier alpha value is -4.27. The first-order valence-electron chi connectivity index (χ1n) is 9.60. The van der Waals surface area contributed by atoms with Crippen molar-refractivity contribution >= 4 is 28.7 Å². The van der Waals surface area contributed by atoms with Crippen LogP contribution in [-0.2, 0) is 17.5 Å². The Morgan fingerprint density at radius 1 is 1.30 bits per heavy atom. The lowest BCUT2D eigenvalue weighted by atomic mass is 9.95. The molecule has 3 rings (SSSR count). The van der Waals surface area contributed by atoms with Crippen molar-refractivity contribution in [2.75, 3.05) is 5.32 Å². The topological polar surface area (TPSA) is 140 Å². The van der Waals surface area contributed by atoms with E-state index in [1.807, 2.05) is 0 Å². The van der Waals surface area contributed by atoms with Gasteiger partial charge in [-0.05, 0) is 30.2 Å². The van der Waals surface area contributed by atoms with Crippen molar-refractivity contribution in [3.8, 4) is 6.07 Å². The Balaban J connectivity index is 2.10. The molecular formula is C21H18F3N7O2. The van der Waals surface area contributed by atoms with E-state index in [9.17, 15) is 28.0 Å². The van der Waals surface area contributed by atoms with Gasteiger partial charge in [0.05, 0.1) is 34.2 Å². The van der Waals surface area contributed by atoms with Crippen molar-refractivity contribution in [1.29, 1.82) is 16.1 Å². The van der Waals surface area contributed by atoms with Crippen LogP contribution in [0.4, 0.5) is 18.9 Å². The fraction of sp³-hybridized carbons (Fsp3) is 0.238. The lowest BCUT2D eigenvalue weighted by molar-refractivity contribution is -0.137. The van der Waals surface area contributed by atoms with Gasteiger partial charge in [-0.2, -0.15) is 23.5 Å². The molecule has 0 unspecified atom stereocenters. The third-order valence-corrected chi connectivity index (χ3v) is 4.81. The van der Waals surface area contributed by atoms with Gasteiger partial charge in [0.1, 0.15) is 18.1 Å². The predicted molar refractivity (Wildman–Crippen MR) is 113 cm³/mol. The Labute approximate surface area is 184 Å². The molecule has 2 aromatic heterocycles. The third kappa shape index (κ3) is 4.52. The van der Waals surface area contributed by atoms with Crippen LogP contribution in [0.15, 0.2) is 35.3 Å². The molecule has 0 saturated carbocycles. The summed E-state index contributed by atoms with van der Waals surface area (Å²) in [5.41, 5.74) is -2.29. The Kier molecular flexibility index (Phi) is 6.17. The lowest BCUT2D eigenvalue weighted by Crippen LogP contribution is -2.31. The number of benzene rings is 1. The highest BCUT2D eigenvalue weighted by Crippen LogP contribution is 2.36. The number of carbonyl (C=O) groups is 1. The van der Waals surface area contributed by atoms with E-state index in [0.717, 1.165) is 21.7 Å². The maximum atomic E-state index is 13.4. The molecule has 3 N–H and O–H groups in total. The molecule has 0 bridgehead atoms. The van der Waals surface area contributed by atoms with E-state index in [4.69, 9.17) is 10.8 Å². The van der Waals surface area contributed by atoms with Gasteiger partial charge in [0.2, 0.25) is 5.91 Å². The van der Waals surface area contributed by atoms with Crippen molar-refractivity contribution < 1.29 is 18.0 Å². The molecule has 170 valence electrons. The zero-order chi connectivity index (χ0) is 24.5. The molecule has 1 amide bonds. The van der Waals surface area contributed by atoms with Crippen molar-refractivity contribution in [1.82, 2.24) is 14.3 Å². The zero-order valence-corrected chi connectivity index (χ0v) is 17.5. The summed E-state index contributed by atoms with van der Waals surface area (Å²) >= 11 is 0. The highest BCUT2D eigenvalue weighted by molar-refractivity contribution is 5.92. The van der Waals surface area contributed by atoms with Crippen molar-refractivity contribution in [3.63, 3.8) is 0 Å². The number of hydrogen-bond donors (Lipinski definition) is 3. The van der Waals surface area contributed by atoms with Gasteiger partial charge in [0.25, 0.3) is 5.56 Å². The van der Waals surface area contributed by atoms with Crippen LogP contribution in [0.1, 0.15) is 36.6 Å². The minimum Gasteiger partial charge on any atom is -0.323 e. The molecule has 0 atom stereocenters. The molecule has 0 fully saturated rings. The van der Waals surface area contributed by atoms with Gasteiger partial charge >= 0.3 is 6.18 Å². The first-order chi connectivity index (χ1) is 15.5. The fourth-order valence-corrected chi connectivity index (χ4v) is 3.31. The number of alkyl halides is 3. The van der Waals surface area contributed by atoms with Gasteiger partial charge in [-0.1, -0.05) is 13.8 Å². The largest absolute Gasteiger partial charge is 0.417 e. The molecule has 9 nitrogen and oxygen atoms in total. The highest BCUT2D eigenvalue weighted by Gasteiger charge is 2.35. The zero-order valence-electron chi connectivity index (χ0n) is 17.5. The number of halogens is 3. The van der Waals surface area contributed by atoms with Gasteiger partial charge in [-0.15, -0.1) is 0 Å². The van der Waals surface area contributed by atoms with Crippen LogP contribution in [-0.4, -0.2) is 26.6 Å². The number of nitrogens with zero attached hydrogens (tertiary/aromatic N) is 4. The molecule has 1 aromatic carbocycles. The second-order valence-corrected chi connectivity index (χ2v) is 7.41. The summed E-state index contributed by atoms with van der Waals surface area (Å²) in [6.45, 7) is 2.76. The van der Waals surface area contributed by atoms with Crippen molar-refractivity contribution in [3.05, 3.63) is 63.1 Å². The van der Waals surface area contributed by atoms with Crippen molar-refractivity contribution in [2.24, 2.45) is 0 Å². The number of aromatic nitrogens is 3. The normalized spacial score (nSPS) is 11.4. The Morgan fingerprint density at radius 3 is 2.58 bits per heavy atom. The summed E-state index contributed by atoms with van der Waals surface area (Å²) in [6.07, 6.45) is -2.57. The smallest absolute Gasteiger partial charge is 0.323 e. The van der Waals surface area contributed by atoms with E-state index < -0.39 is 41.2 Å². The van der Waals surface area contributed by atoms with Crippen LogP contribution in [0.3, 0.4) is 0 Å². The number of nitriles is 1. The molecule has 0 aliphatic heterocycles. The molecule has 12 heteroatoms. The van der Waals surface area contributed by atoms with Crippen LogP contribution in [0.5, 0.6) is 0 Å². The third-order valence-electron chi connectivity index (χ3n) is 4.81. The summed E-state index contributed by atoms with van der Waals surface area (Å²) in [5, 5.41) is 30.6. The average Bonchev–Trinajstić information content (AvgIpc) is 2.75. The second kappa shape index (κ2) is 8.70. The standard InChI is InChI=1S/C21H18F3N7O2/c1-11(2)19-18-13(4-5-15(14(18)7-25)21(22,23)24)20(33)31(29-19)9-17(32)28-12-3-6-16(27)30(8-12)10-26/h3-6,8,10-11,26-27H,9H2,1-2H3,(H,28,32). The summed E-state index contributed by atoms with van der Waals surface area (Å²) in [4.78, 5) is 25.5. The first kappa shape index (κ1) is 23.4. The predicted octanol–water partition coefficient (Wildman–Crippen LogP) is 2.79. The van der Waals surface area contributed by atoms with Gasteiger partial charge in [-0.25, -0.2) is 4.68 Å². The first-order valence-corrected chi connectivity index (χ1v) is 9.60. The number of hydrogen-bond acceptors (Lipinski definition) is 6. The monoisotopic (exact) mass is 457 g/mol. The van der Waals surface area contributed by atoms with Crippen LogP contribution >= 0.6 is 0 Å². The number of amides is 1.